The third kappa shape index (κ3) is 9.52. The molecule has 0 spiro atoms. The van der Waals surface area contributed by atoms with Gasteiger partial charge in [-0.2, -0.15) is 0 Å². The highest BCUT2D eigenvalue weighted by atomic mass is 16.6. The van der Waals surface area contributed by atoms with Gasteiger partial charge >= 0.3 is 0 Å². The van der Waals surface area contributed by atoms with E-state index in [0.29, 0.717) is 46.2 Å². The molecular formula is C44H50O10. The van der Waals surface area contributed by atoms with Crippen LogP contribution in [0.25, 0.3) is 0 Å². The number of fused-ring (bicyclic) bond motifs is 6. The number of aliphatic hydroxyl groups is 1. The Morgan fingerprint density at radius 3 is 1.67 bits per heavy atom. The van der Waals surface area contributed by atoms with Gasteiger partial charge in [0.1, 0.15) is 42.7 Å². The van der Waals surface area contributed by atoms with Crippen molar-refractivity contribution in [2.45, 2.75) is 108 Å². The van der Waals surface area contributed by atoms with Crippen LogP contribution in [0.15, 0.2) is 109 Å². The number of benzene rings is 4. The fraction of sp³-hybridized carbons (Fsp3) is 0.432. The lowest BCUT2D eigenvalue weighted by atomic mass is 9.95. The molecule has 0 radical (unpaired) electrons. The number of aliphatic hydroxyl groups excluding tert-OH is 1. The van der Waals surface area contributed by atoms with Crippen LogP contribution in [0.5, 0.6) is 0 Å². The van der Waals surface area contributed by atoms with Crippen molar-refractivity contribution in [3.05, 3.63) is 143 Å². The second kappa shape index (κ2) is 18.7. The summed E-state index contributed by atoms with van der Waals surface area (Å²) in [6, 6.07) is 35.9. The smallest absolute Gasteiger partial charge is 0.195 e. The van der Waals surface area contributed by atoms with E-state index in [1.807, 2.05) is 123 Å². The van der Waals surface area contributed by atoms with Gasteiger partial charge in [-0.25, -0.2) is 0 Å². The summed E-state index contributed by atoms with van der Waals surface area (Å²) in [7, 11) is 0. The highest BCUT2D eigenvalue weighted by Gasteiger charge is 2.46. The lowest BCUT2D eigenvalue weighted by Crippen LogP contribution is -2.59. The molecule has 9 atom stereocenters. The van der Waals surface area contributed by atoms with Crippen LogP contribution in [0, 0.1) is 0 Å². The standard InChI is InChI=1S/C22H26O5.C22H24O5/c2*1-15-21(25-11-16-7-3-2-4-8-16)22-20(23)19(27-15)14-24-12-17-9-5-6-10-18(17)13-26-22/h2-10,15,19-23H,11-14H2,1H3;2-10,15,19,21-22H,11-14H2,1H3/t15-,19?,20-,21?,22+;15-,19?,21?,22+/m00/s1. The fourth-order valence-electron chi connectivity index (χ4n) is 7.32. The summed E-state index contributed by atoms with van der Waals surface area (Å²) < 4.78 is 48.0. The average molecular weight is 739 g/mol. The summed E-state index contributed by atoms with van der Waals surface area (Å²) in [6.45, 7) is 6.97. The molecule has 4 bridgehead atoms. The van der Waals surface area contributed by atoms with Gasteiger partial charge in [-0.15, -0.1) is 0 Å². The molecule has 4 aliphatic heterocycles. The van der Waals surface area contributed by atoms with Crippen LogP contribution in [-0.2, 0) is 82.3 Å². The molecule has 10 heteroatoms. The van der Waals surface area contributed by atoms with Crippen molar-refractivity contribution in [1.82, 2.24) is 0 Å². The van der Waals surface area contributed by atoms with E-state index in [9.17, 15) is 9.90 Å². The second-order valence-electron chi connectivity index (χ2n) is 14.2. The Morgan fingerprint density at radius 2 is 1.07 bits per heavy atom. The molecule has 8 rings (SSSR count). The molecule has 0 aliphatic carbocycles. The van der Waals surface area contributed by atoms with Crippen molar-refractivity contribution >= 4 is 5.78 Å². The molecule has 0 aromatic heterocycles. The molecule has 4 heterocycles. The van der Waals surface area contributed by atoms with Crippen molar-refractivity contribution in [1.29, 1.82) is 0 Å². The highest BCUT2D eigenvalue weighted by Crippen LogP contribution is 2.30. The summed E-state index contributed by atoms with van der Waals surface area (Å²) in [6.07, 6.45) is -4.27. The maximum atomic E-state index is 12.9. The zero-order valence-corrected chi connectivity index (χ0v) is 30.9. The summed E-state index contributed by atoms with van der Waals surface area (Å²) in [5, 5.41) is 10.8. The summed E-state index contributed by atoms with van der Waals surface area (Å²) in [4.78, 5) is 12.9. The molecule has 1 N–H and O–H groups in total. The predicted molar refractivity (Wildman–Crippen MR) is 199 cm³/mol. The van der Waals surface area contributed by atoms with E-state index in [1.165, 1.54) is 0 Å². The number of ketones is 1. The van der Waals surface area contributed by atoms with Crippen molar-refractivity contribution in [2.24, 2.45) is 0 Å². The fourth-order valence-corrected chi connectivity index (χ4v) is 7.32. The Bertz CT molecular complexity index is 1770. The summed E-state index contributed by atoms with van der Waals surface area (Å²) in [5.41, 5.74) is 6.40. The summed E-state index contributed by atoms with van der Waals surface area (Å²) >= 11 is 0. The van der Waals surface area contributed by atoms with Gasteiger partial charge in [0.2, 0.25) is 0 Å². The van der Waals surface area contributed by atoms with Gasteiger partial charge in [0.05, 0.1) is 65.1 Å². The van der Waals surface area contributed by atoms with E-state index >= 15 is 0 Å². The number of carbonyl (C=O) groups is 1. The van der Waals surface area contributed by atoms with E-state index in [2.05, 4.69) is 0 Å². The first-order valence-electron chi connectivity index (χ1n) is 18.8. The molecule has 2 fully saturated rings. The van der Waals surface area contributed by atoms with Crippen LogP contribution in [0.3, 0.4) is 0 Å². The summed E-state index contributed by atoms with van der Waals surface area (Å²) in [5.74, 6) is -0.106. The molecule has 4 aromatic carbocycles. The number of ether oxygens (including phenoxy) is 8. The number of carbonyl (C=O) groups excluding carboxylic acids is 1. The lowest BCUT2D eigenvalue weighted by molar-refractivity contribution is -0.257. The Balaban J connectivity index is 0.000000167. The molecular weight excluding hydrogens is 688 g/mol. The lowest BCUT2D eigenvalue weighted by Gasteiger charge is -2.44. The predicted octanol–water partition coefficient (Wildman–Crippen LogP) is 5.88. The first kappa shape index (κ1) is 38.5. The van der Waals surface area contributed by atoms with E-state index in [4.69, 9.17) is 37.9 Å². The number of rotatable bonds is 6. The molecule has 54 heavy (non-hydrogen) atoms. The zero-order valence-electron chi connectivity index (χ0n) is 30.9. The third-order valence-electron chi connectivity index (χ3n) is 10.4. The van der Waals surface area contributed by atoms with Crippen molar-refractivity contribution in [3.63, 3.8) is 0 Å². The Kier molecular flexibility index (Phi) is 13.3. The van der Waals surface area contributed by atoms with E-state index < -0.39 is 36.6 Å². The van der Waals surface area contributed by atoms with Crippen LogP contribution in [0.1, 0.15) is 47.2 Å². The van der Waals surface area contributed by atoms with Gasteiger partial charge < -0.3 is 43.0 Å². The average Bonchev–Trinajstić information content (AvgIpc) is 3.19. The topological polar surface area (TPSA) is 111 Å². The van der Waals surface area contributed by atoms with Gasteiger partial charge in [0.15, 0.2) is 5.78 Å². The van der Waals surface area contributed by atoms with Crippen LogP contribution < -0.4 is 0 Å². The van der Waals surface area contributed by atoms with E-state index in [-0.39, 0.29) is 30.7 Å². The minimum absolute atomic E-state index is 0.106. The quantitative estimate of drug-likeness (QED) is 0.258. The second-order valence-corrected chi connectivity index (χ2v) is 14.2. The number of Topliss-reactive ketones (excluding diaryl/α,β-unsaturated/α-hetero) is 1. The maximum Gasteiger partial charge on any atom is 0.195 e. The van der Waals surface area contributed by atoms with Gasteiger partial charge in [0, 0.05) is 0 Å². The molecule has 4 unspecified atom stereocenters. The molecule has 286 valence electrons. The Labute approximate surface area is 317 Å². The van der Waals surface area contributed by atoms with Crippen LogP contribution in [0.4, 0.5) is 0 Å². The minimum atomic E-state index is -0.799. The van der Waals surface area contributed by atoms with Crippen molar-refractivity contribution < 1.29 is 47.8 Å². The van der Waals surface area contributed by atoms with Gasteiger partial charge in [0.25, 0.3) is 0 Å². The molecule has 4 aliphatic rings. The molecule has 2 saturated heterocycles. The normalized spacial score (nSPS) is 29.8. The van der Waals surface area contributed by atoms with Crippen molar-refractivity contribution in [3.8, 4) is 0 Å². The first-order chi connectivity index (χ1) is 26.4. The Hall–Kier alpha value is -3.81. The largest absolute Gasteiger partial charge is 0.387 e. The van der Waals surface area contributed by atoms with Crippen molar-refractivity contribution in [2.75, 3.05) is 13.2 Å². The van der Waals surface area contributed by atoms with Crippen LogP contribution >= 0.6 is 0 Å². The van der Waals surface area contributed by atoms with E-state index in [0.717, 1.165) is 33.4 Å². The molecule has 0 amide bonds. The number of hydrogen-bond donors (Lipinski definition) is 1. The minimum Gasteiger partial charge on any atom is -0.387 e. The first-order valence-corrected chi connectivity index (χ1v) is 18.8. The SMILES string of the molecule is C[C@@H]1OC2COCc3ccccc3CO[C@@H](C1OCc1ccccc1)[C@H]2O.C[C@@H]1OC2COCc3ccccc3CO[C@H](C2=O)C1OCc1ccccc1. The number of hydrogen-bond acceptors (Lipinski definition) is 10. The monoisotopic (exact) mass is 738 g/mol. The third-order valence-corrected chi connectivity index (χ3v) is 10.4. The van der Waals surface area contributed by atoms with Gasteiger partial charge in [-0.3, -0.25) is 4.79 Å². The van der Waals surface area contributed by atoms with E-state index in [1.54, 1.807) is 0 Å². The Morgan fingerprint density at radius 1 is 0.593 bits per heavy atom. The maximum absolute atomic E-state index is 12.9. The molecule has 10 nitrogen and oxygen atoms in total. The van der Waals surface area contributed by atoms with Gasteiger partial charge in [-0.05, 0) is 47.2 Å². The van der Waals surface area contributed by atoms with Crippen LogP contribution in [0.2, 0.25) is 0 Å². The zero-order chi connectivity index (χ0) is 37.3. The molecule has 0 saturated carbocycles. The molecule has 4 aromatic rings. The van der Waals surface area contributed by atoms with Gasteiger partial charge in [-0.1, -0.05) is 109 Å². The highest BCUT2D eigenvalue weighted by molar-refractivity contribution is 5.89. The van der Waals surface area contributed by atoms with Crippen LogP contribution in [-0.4, -0.2) is 79.0 Å².